The summed E-state index contributed by atoms with van der Waals surface area (Å²) in [5, 5.41) is 2.96. The van der Waals surface area contributed by atoms with E-state index in [1.807, 2.05) is 24.3 Å². The first-order valence-corrected chi connectivity index (χ1v) is 7.57. The van der Waals surface area contributed by atoms with Crippen molar-refractivity contribution < 1.29 is 4.79 Å². The number of hydrogen-bond acceptors (Lipinski definition) is 1. The minimum atomic E-state index is -0.0194. The van der Waals surface area contributed by atoms with Gasteiger partial charge in [0.1, 0.15) is 0 Å². The number of carbonyl (C=O) groups is 1. The summed E-state index contributed by atoms with van der Waals surface area (Å²) in [4.78, 5) is 12.2. The Hall–Kier alpha value is -1.02. The summed E-state index contributed by atoms with van der Waals surface area (Å²) in [6.07, 6.45) is 2.96. The number of carbonyl (C=O) groups excluding carboxylic acids is 1. The Morgan fingerprint density at radius 1 is 1.21 bits per heavy atom. The van der Waals surface area contributed by atoms with Gasteiger partial charge in [-0.15, -0.1) is 11.6 Å². The molecule has 1 rings (SSSR count). The average molecular weight is 282 g/mol. The van der Waals surface area contributed by atoms with E-state index in [0.29, 0.717) is 12.5 Å². The second-order valence-corrected chi connectivity index (χ2v) is 5.37. The lowest BCUT2D eigenvalue weighted by molar-refractivity contribution is 0.0950. The van der Waals surface area contributed by atoms with Crippen LogP contribution in [-0.4, -0.2) is 17.8 Å². The van der Waals surface area contributed by atoms with Crippen molar-refractivity contribution in [3.8, 4) is 0 Å². The van der Waals surface area contributed by atoms with E-state index in [1.165, 1.54) is 0 Å². The Morgan fingerprint density at radius 2 is 1.84 bits per heavy atom. The second kappa shape index (κ2) is 8.21. The van der Waals surface area contributed by atoms with Gasteiger partial charge in [0.15, 0.2) is 0 Å². The number of nitrogens with one attached hydrogen (secondary N) is 1. The van der Waals surface area contributed by atoms with Crippen LogP contribution >= 0.6 is 11.6 Å². The molecule has 2 nitrogen and oxygen atoms in total. The van der Waals surface area contributed by atoms with Crippen LogP contribution in [0.1, 0.15) is 49.5 Å². The van der Waals surface area contributed by atoms with Gasteiger partial charge in [0.05, 0.1) is 5.38 Å². The highest BCUT2D eigenvalue weighted by molar-refractivity contribution is 6.21. The number of rotatable bonds is 7. The molecule has 1 amide bonds. The van der Waals surface area contributed by atoms with Crippen LogP contribution in [0.3, 0.4) is 0 Å². The summed E-state index contributed by atoms with van der Waals surface area (Å²) in [7, 11) is 0. The van der Waals surface area contributed by atoms with Crippen LogP contribution in [0.15, 0.2) is 24.3 Å². The van der Waals surface area contributed by atoms with E-state index in [1.54, 1.807) is 0 Å². The third-order valence-electron chi connectivity index (χ3n) is 3.66. The molecule has 0 spiro atoms. The van der Waals surface area contributed by atoms with Gasteiger partial charge in [-0.2, -0.15) is 0 Å². The standard InChI is InChI=1S/C16H24ClNO/c1-4-12(5-2)15(17)11-18-16(19)14-10-8-7-9-13(14)6-3/h7-10,12,15H,4-6,11H2,1-3H3,(H,18,19). The lowest BCUT2D eigenvalue weighted by atomic mass is 9.99. The van der Waals surface area contributed by atoms with E-state index in [2.05, 4.69) is 26.1 Å². The van der Waals surface area contributed by atoms with Crippen LogP contribution in [0, 0.1) is 5.92 Å². The van der Waals surface area contributed by atoms with Crippen molar-refractivity contribution in [3.63, 3.8) is 0 Å². The SMILES string of the molecule is CCc1ccccc1C(=O)NCC(Cl)C(CC)CC. The van der Waals surface area contributed by atoms with Gasteiger partial charge in [-0.1, -0.05) is 51.8 Å². The third-order valence-corrected chi connectivity index (χ3v) is 4.17. The molecule has 0 saturated carbocycles. The third kappa shape index (κ3) is 4.54. The van der Waals surface area contributed by atoms with Crippen molar-refractivity contribution in [1.29, 1.82) is 0 Å². The molecule has 0 bridgehead atoms. The molecular weight excluding hydrogens is 258 g/mol. The molecule has 1 unspecified atom stereocenters. The predicted molar refractivity (Wildman–Crippen MR) is 81.9 cm³/mol. The number of alkyl halides is 1. The van der Waals surface area contributed by atoms with E-state index in [0.717, 1.165) is 30.4 Å². The quantitative estimate of drug-likeness (QED) is 0.752. The number of aryl methyl sites for hydroxylation is 1. The summed E-state index contributed by atoms with van der Waals surface area (Å²) >= 11 is 6.34. The highest BCUT2D eigenvalue weighted by Crippen LogP contribution is 2.18. The normalized spacial score (nSPS) is 12.5. The molecule has 0 heterocycles. The van der Waals surface area contributed by atoms with Crippen LogP contribution in [0.5, 0.6) is 0 Å². The van der Waals surface area contributed by atoms with Gasteiger partial charge < -0.3 is 5.32 Å². The molecule has 0 aliphatic carbocycles. The van der Waals surface area contributed by atoms with Gasteiger partial charge >= 0.3 is 0 Å². The molecule has 106 valence electrons. The zero-order chi connectivity index (χ0) is 14.3. The van der Waals surface area contributed by atoms with Gasteiger partial charge in [0, 0.05) is 12.1 Å². The highest BCUT2D eigenvalue weighted by Gasteiger charge is 2.17. The van der Waals surface area contributed by atoms with Crippen LogP contribution in [0.4, 0.5) is 0 Å². The first kappa shape index (κ1) is 16.0. The lowest BCUT2D eigenvalue weighted by Crippen LogP contribution is -2.33. The molecule has 0 radical (unpaired) electrons. The Bertz CT molecular complexity index is 401. The zero-order valence-electron chi connectivity index (χ0n) is 12.1. The van der Waals surface area contributed by atoms with Gasteiger partial charge in [0.2, 0.25) is 0 Å². The molecule has 1 atom stereocenters. The Kier molecular flexibility index (Phi) is 6.93. The molecule has 0 saturated heterocycles. The molecular formula is C16H24ClNO. The maximum absolute atomic E-state index is 12.2. The zero-order valence-corrected chi connectivity index (χ0v) is 12.8. The summed E-state index contributed by atoms with van der Waals surface area (Å²) in [5.74, 6) is 0.442. The molecule has 19 heavy (non-hydrogen) atoms. The van der Waals surface area contributed by atoms with Crippen LogP contribution in [-0.2, 0) is 6.42 Å². The first-order valence-electron chi connectivity index (χ1n) is 7.14. The summed E-state index contributed by atoms with van der Waals surface area (Å²) in [6, 6.07) is 7.72. The molecule has 0 aliphatic rings. The minimum Gasteiger partial charge on any atom is -0.351 e. The fourth-order valence-electron chi connectivity index (χ4n) is 2.30. The van der Waals surface area contributed by atoms with Crippen molar-refractivity contribution in [2.75, 3.05) is 6.54 Å². The van der Waals surface area contributed by atoms with Crippen LogP contribution < -0.4 is 5.32 Å². The minimum absolute atomic E-state index is 0.00717. The van der Waals surface area contributed by atoms with Crippen molar-refractivity contribution in [2.24, 2.45) is 5.92 Å². The monoisotopic (exact) mass is 281 g/mol. The number of halogens is 1. The average Bonchev–Trinajstić information content (AvgIpc) is 2.45. The molecule has 3 heteroatoms. The number of hydrogen-bond donors (Lipinski definition) is 1. The van der Waals surface area contributed by atoms with E-state index in [9.17, 15) is 4.79 Å². The second-order valence-electron chi connectivity index (χ2n) is 4.81. The van der Waals surface area contributed by atoms with Crippen molar-refractivity contribution >= 4 is 17.5 Å². The largest absolute Gasteiger partial charge is 0.351 e. The number of benzene rings is 1. The Balaban J connectivity index is 2.60. The Labute approximate surface area is 121 Å². The maximum atomic E-state index is 12.2. The predicted octanol–water partition coefficient (Wildman–Crippen LogP) is 4.02. The Morgan fingerprint density at radius 3 is 2.42 bits per heavy atom. The van der Waals surface area contributed by atoms with Gasteiger partial charge in [-0.25, -0.2) is 0 Å². The molecule has 1 N–H and O–H groups in total. The van der Waals surface area contributed by atoms with E-state index < -0.39 is 0 Å². The molecule has 1 aromatic carbocycles. The molecule has 0 aromatic heterocycles. The van der Waals surface area contributed by atoms with Crippen LogP contribution in [0.25, 0.3) is 0 Å². The summed E-state index contributed by atoms with van der Waals surface area (Å²) in [6.45, 7) is 6.86. The smallest absolute Gasteiger partial charge is 0.251 e. The first-order chi connectivity index (χ1) is 9.13. The van der Waals surface area contributed by atoms with Crippen LogP contribution in [0.2, 0.25) is 0 Å². The van der Waals surface area contributed by atoms with Crippen molar-refractivity contribution in [2.45, 2.75) is 45.4 Å². The highest BCUT2D eigenvalue weighted by atomic mass is 35.5. The molecule has 0 aliphatic heterocycles. The van der Waals surface area contributed by atoms with Gasteiger partial charge in [-0.3, -0.25) is 4.79 Å². The van der Waals surface area contributed by atoms with Gasteiger partial charge in [-0.05, 0) is 24.0 Å². The molecule has 0 fully saturated rings. The van der Waals surface area contributed by atoms with Crippen molar-refractivity contribution in [1.82, 2.24) is 5.32 Å². The number of amides is 1. The fourth-order valence-corrected chi connectivity index (χ4v) is 2.74. The maximum Gasteiger partial charge on any atom is 0.251 e. The van der Waals surface area contributed by atoms with E-state index >= 15 is 0 Å². The summed E-state index contributed by atoms with van der Waals surface area (Å²) < 4.78 is 0. The topological polar surface area (TPSA) is 29.1 Å². The van der Waals surface area contributed by atoms with E-state index in [-0.39, 0.29) is 11.3 Å². The molecule has 1 aromatic rings. The fraction of sp³-hybridized carbons (Fsp3) is 0.562. The summed E-state index contributed by atoms with van der Waals surface area (Å²) in [5.41, 5.74) is 1.84. The van der Waals surface area contributed by atoms with Gasteiger partial charge in [0.25, 0.3) is 5.91 Å². The van der Waals surface area contributed by atoms with Crippen molar-refractivity contribution in [3.05, 3.63) is 35.4 Å². The lowest BCUT2D eigenvalue weighted by Gasteiger charge is -2.19. The van der Waals surface area contributed by atoms with E-state index in [4.69, 9.17) is 11.6 Å².